The van der Waals surface area contributed by atoms with Gasteiger partial charge >= 0.3 is 5.97 Å². The molecular formula is C15H26N4O6S. The molecule has 26 heavy (non-hydrogen) atoms. The first-order chi connectivity index (χ1) is 12.1. The predicted molar refractivity (Wildman–Crippen MR) is 95.4 cm³/mol. The Labute approximate surface area is 156 Å². The molecule has 1 saturated heterocycles. The van der Waals surface area contributed by atoms with Crippen LogP contribution in [0.4, 0.5) is 0 Å². The number of nitrogens with one attached hydrogen (secondary N) is 2. The van der Waals surface area contributed by atoms with Gasteiger partial charge < -0.3 is 31.5 Å². The van der Waals surface area contributed by atoms with Crippen molar-refractivity contribution in [2.24, 2.45) is 5.73 Å². The van der Waals surface area contributed by atoms with Crippen molar-refractivity contribution in [3.8, 4) is 0 Å². The minimum absolute atomic E-state index is 0.152. The number of nitrogens with zero attached hydrogens (tertiary/aromatic N) is 1. The van der Waals surface area contributed by atoms with Crippen molar-refractivity contribution >= 4 is 36.3 Å². The van der Waals surface area contributed by atoms with Crippen LogP contribution in [0.1, 0.15) is 26.7 Å². The van der Waals surface area contributed by atoms with Gasteiger partial charge in [-0.05, 0) is 26.7 Å². The second-order valence-electron chi connectivity index (χ2n) is 6.29. The van der Waals surface area contributed by atoms with E-state index in [9.17, 15) is 24.3 Å². The van der Waals surface area contributed by atoms with Gasteiger partial charge in [0.2, 0.25) is 17.7 Å². The lowest BCUT2D eigenvalue weighted by molar-refractivity contribution is -0.143. The van der Waals surface area contributed by atoms with E-state index in [-0.39, 0.29) is 11.7 Å². The first-order valence-corrected chi connectivity index (χ1v) is 8.91. The van der Waals surface area contributed by atoms with Crippen LogP contribution in [0.2, 0.25) is 0 Å². The zero-order valence-electron chi connectivity index (χ0n) is 14.7. The molecule has 6 N–H and O–H groups in total. The molecule has 1 fully saturated rings. The van der Waals surface area contributed by atoms with Crippen LogP contribution in [0.25, 0.3) is 0 Å². The topological polar surface area (TPSA) is 162 Å². The number of amides is 3. The van der Waals surface area contributed by atoms with E-state index in [1.165, 1.54) is 18.7 Å². The van der Waals surface area contributed by atoms with Crippen LogP contribution in [-0.2, 0) is 19.2 Å². The normalized spacial score (nSPS) is 21.4. The number of carboxylic acid groups (broad SMARTS) is 1. The lowest BCUT2D eigenvalue weighted by Crippen LogP contribution is -2.59. The molecule has 5 atom stereocenters. The van der Waals surface area contributed by atoms with Gasteiger partial charge in [-0.25, -0.2) is 4.79 Å². The molecule has 1 rings (SSSR count). The molecule has 0 radical (unpaired) electrons. The third-order valence-electron chi connectivity index (χ3n) is 4.09. The first kappa shape index (κ1) is 22.2. The Balaban J connectivity index is 2.83. The van der Waals surface area contributed by atoms with E-state index in [0.717, 1.165) is 0 Å². The van der Waals surface area contributed by atoms with Gasteiger partial charge in [0.1, 0.15) is 18.1 Å². The maximum Gasteiger partial charge on any atom is 0.327 e. The molecule has 1 aliphatic rings. The van der Waals surface area contributed by atoms with E-state index in [1.54, 1.807) is 0 Å². The number of aliphatic hydroxyl groups is 1. The summed E-state index contributed by atoms with van der Waals surface area (Å²) in [5, 5.41) is 23.4. The van der Waals surface area contributed by atoms with Crippen molar-refractivity contribution in [1.29, 1.82) is 0 Å². The SMILES string of the molecule is CC(N)C(=O)N1CCCC1C(=O)NC(C(=O)NC(CS)C(=O)O)C(C)O. The number of aliphatic carboxylic acids is 1. The number of carbonyl (C=O) groups excluding carboxylic acids is 3. The minimum atomic E-state index is -1.36. The third-order valence-corrected chi connectivity index (χ3v) is 4.45. The van der Waals surface area contributed by atoms with Crippen molar-refractivity contribution in [3.05, 3.63) is 0 Å². The maximum absolute atomic E-state index is 12.5. The van der Waals surface area contributed by atoms with Gasteiger partial charge in [-0.1, -0.05) is 0 Å². The number of thiol groups is 1. The minimum Gasteiger partial charge on any atom is -0.480 e. The number of carbonyl (C=O) groups is 4. The van der Waals surface area contributed by atoms with Gasteiger partial charge in [-0.15, -0.1) is 0 Å². The second kappa shape index (κ2) is 9.74. The fourth-order valence-electron chi connectivity index (χ4n) is 2.67. The van der Waals surface area contributed by atoms with Crippen LogP contribution in [0.5, 0.6) is 0 Å². The molecule has 148 valence electrons. The fraction of sp³-hybridized carbons (Fsp3) is 0.733. The molecule has 0 aromatic carbocycles. The number of rotatable bonds is 8. The molecule has 0 saturated carbocycles. The highest BCUT2D eigenvalue weighted by molar-refractivity contribution is 7.80. The molecule has 10 nitrogen and oxygen atoms in total. The Morgan fingerprint density at radius 2 is 1.88 bits per heavy atom. The number of hydrogen-bond donors (Lipinski definition) is 6. The monoisotopic (exact) mass is 390 g/mol. The number of likely N-dealkylation sites (tertiary alicyclic amines) is 1. The van der Waals surface area contributed by atoms with E-state index in [4.69, 9.17) is 10.8 Å². The Morgan fingerprint density at radius 3 is 2.35 bits per heavy atom. The van der Waals surface area contributed by atoms with Gasteiger partial charge in [-0.2, -0.15) is 12.6 Å². The van der Waals surface area contributed by atoms with Gasteiger partial charge in [0, 0.05) is 12.3 Å². The number of nitrogens with two attached hydrogens (primary N) is 1. The predicted octanol–water partition coefficient (Wildman–Crippen LogP) is -2.31. The van der Waals surface area contributed by atoms with Gasteiger partial charge in [-0.3, -0.25) is 14.4 Å². The fourth-order valence-corrected chi connectivity index (χ4v) is 2.91. The van der Waals surface area contributed by atoms with Crippen LogP contribution < -0.4 is 16.4 Å². The smallest absolute Gasteiger partial charge is 0.327 e. The second-order valence-corrected chi connectivity index (χ2v) is 6.65. The summed E-state index contributed by atoms with van der Waals surface area (Å²) in [5.41, 5.74) is 5.58. The quantitative estimate of drug-likeness (QED) is 0.254. The lowest BCUT2D eigenvalue weighted by Gasteiger charge is -2.28. The highest BCUT2D eigenvalue weighted by atomic mass is 32.1. The molecule has 0 aromatic heterocycles. The van der Waals surface area contributed by atoms with Crippen molar-refractivity contribution < 1.29 is 29.4 Å². The average molecular weight is 390 g/mol. The summed E-state index contributed by atoms with van der Waals surface area (Å²) >= 11 is 3.84. The molecule has 1 aliphatic heterocycles. The van der Waals surface area contributed by atoms with Crippen molar-refractivity contribution in [1.82, 2.24) is 15.5 Å². The summed E-state index contributed by atoms with van der Waals surface area (Å²) in [6.07, 6.45) is -0.248. The zero-order valence-corrected chi connectivity index (χ0v) is 15.6. The Hall–Kier alpha value is -1.85. The van der Waals surface area contributed by atoms with Crippen molar-refractivity contribution in [2.45, 2.75) is 57.0 Å². The Morgan fingerprint density at radius 1 is 1.27 bits per heavy atom. The van der Waals surface area contributed by atoms with Crippen LogP contribution in [0.15, 0.2) is 0 Å². The first-order valence-electron chi connectivity index (χ1n) is 8.28. The maximum atomic E-state index is 12.5. The molecule has 3 amide bonds. The summed E-state index contributed by atoms with van der Waals surface area (Å²) in [5.74, 6) is -3.26. The van der Waals surface area contributed by atoms with Gasteiger partial charge in [0.15, 0.2) is 0 Å². The summed E-state index contributed by atoms with van der Waals surface area (Å²) in [4.78, 5) is 49.2. The zero-order chi connectivity index (χ0) is 20.0. The molecule has 0 aromatic rings. The van der Waals surface area contributed by atoms with E-state index >= 15 is 0 Å². The molecule has 0 bridgehead atoms. The molecular weight excluding hydrogens is 364 g/mol. The number of aliphatic hydroxyl groups excluding tert-OH is 1. The number of carboxylic acids is 1. The third kappa shape index (κ3) is 5.58. The number of hydrogen-bond acceptors (Lipinski definition) is 7. The van der Waals surface area contributed by atoms with Crippen LogP contribution in [0.3, 0.4) is 0 Å². The van der Waals surface area contributed by atoms with Crippen molar-refractivity contribution in [3.63, 3.8) is 0 Å². The van der Waals surface area contributed by atoms with E-state index < -0.39 is 48.1 Å². The average Bonchev–Trinajstić information content (AvgIpc) is 3.05. The standard InChI is InChI=1S/C15H26N4O6S/c1-7(16)14(23)19-5-3-4-10(19)12(21)18-11(8(2)20)13(22)17-9(6-26)15(24)25/h7-11,20,26H,3-6,16H2,1-2H3,(H,17,22)(H,18,21)(H,24,25). The molecule has 11 heteroatoms. The van der Waals surface area contributed by atoms with Crippen molar-refractivity contribution in [2.75, 3.05) is 12.3 Å². The summed E-state index contributed by atoms with van der Waals surface area (Å²) in [6.45, 7) is 3.19. The molecule has 0 spiro atoms. The van der Waals surface area contributed by atoms with E-state index in [0.29, 0.717) is 19.4 Å². The molecule has 1 heterocycles. The highest BCUT2D eigenvalue weighted by Crippen LogP contribution is 2.18. The highest BCUT2D eigenvalue weighted by Gasteiger charge is 2.38. The summed E-state index contributed by atoms with van der Waals surface area (Å²) < 4.78 is 0. The van der Waals surface area contributed by atoms with E-state index in [2.05, 4.69) is 23.3 Å². The molecule has 5 unspecified atom stereocenters. The van der Waals surface area contributed by atoms with Crippen LogP contribution in [-0.4, -0.2) is 81.4 Å². The van der Waals surface area contributed by atoms with Crippen LogP contribution >= 0.6 is 12.6 Å². The molecule has 0 aliphatic carbocycles. The van der Waals surface area contributed by atoms with Gasteiger partial charge in [0.05, 0.1) is 12.1 Å². The van der Waals surface area contributed by atoms with E-state index in [1.807, 2.05) is 0 Å². The Kier molecular flexibility index (Phi) is 8.31. The van der Waals surface area contributed by atoms with Gasteiger partial charge in [0.25, 0.3) is 0 Å². The largest absolute Gasteiger partial charge is 0.480 e. The Bertz CT molecular complexity index is 556. The van der Waals surface area contributed by atoms with Crippen LogP contribution in [0, 0.1) is 0 Å². The lowest BCUT2D eigenvalue weighted by atomic mass is 10.1. The summed E-state index contributed by atoms with van der Waals surface area (Å²) in [6, 6.07) is -4.17. The summed E-state index contributed by atoms with van der Waals surface area (Å²) in [7, 11) is 0.